The van der Waals surface area contributed by atoms with Crippen LogP contribution in [0.3, 0.4) is 0 Å². The molecule has 0 amide bonds. The van der Waals surface area contributed by atoms with E-state index in [4.69, 9.17) is 16.9 Å². The van der Waals surface area contributed by atoms with Crippen LogP contribution in [-0.2, 0) is 6.42 Å². The lowest BCUT2D eigenvalue weighted by molar-refractivity contribution is 0.273. The van der Waals surface area contributed by atoms with Crippen molar-refractivity contribution in [2.45, 2.75) is 12.5 Å². The average molecular weight is 294 g/mol. The van der Waals surface area contributed by atoms with Gasteiger partial charge in [0, 0.05) is 0 Å². The number of hydrogen-bond donors (Lipinski definition) is 2. The molecular formula is C13H12ClN3OS. The first kappa shape index (κ1) is 13.8. The summed E-state index contributed by atoms with van der Waals surface area (Å²) in [6, 6.07) is 11.7. The molecule has 0 spiro atoms. The fourth-order valence-electron chi connectivity index (χ4n) is 1.67. The van der Waals surface area contributed by atoms with E-state index in [1.165, 1.54) is 11.3 Å². The molecular weight excluding hydrogens is 282 g/mol. The molecule has 0 radical (unpaired) electrons. The zero-order valence-corrected chi connectivity index (χ0v) is 11.6. The number of anilines is 1. The van der Waals surface area contributed by atoms with Gasteiger partial charge in [0.15, 0.2) is 10.3 Å². The second-order valence-electron chi connectivity index (χ2n) is 3.96. The third-order valence-corrected chi connectivity index (χ3v) is 3.84. The van der Waals surface area contributed by atoms with Crippen LogP contribution in [0.15, 0.2) is 30.3 Å². The van der Waals surface area contributed by atoms with E-state index in [1.54, 1.807) is 0 Å². The van der Waals surface area contributed by atoms with E-state index in [0.29, 0.717) is 16.4 Å². The maximum atomic E-state index is 9.40. The van der Waals surface area contributed by atoms with Gasteiger partial charge in [0.2, 0.25) is 0 Å². The third-order valence-electron chi connectivity index (χ3n) is 2.56. The van der Waals surface area contributed by atoms with E-state index in [9.17, 15) is 5.11 Å². The minimum atomic E-state index is -0.156. The number of halogens is 1. The van der Waals surface area contributed by atoms with Crippen LogP contribution in [0.2, 0.25) is 5.15 Å². The van der Waals surface area contributed by atoms with Crippen LogP contribution in [0.25, 0.3) is 0 Å². The number of aliphatic hydroxyl groups is 1. The molecule has 6 heteroatoms. The summed E-state index contributed by atoms with van der Waals surface area (Å²) in [6.45, 7) is -0.0199. The van der Waals surface area contributed by atoms with Gasteiger partial charge in [0.05, 0.1) is 12.6 Å². The topological polar surface area (TPSA) is 68.9 Å². The van der Waals surface area contributed by atoms with Crippen LogP contribution in [0.4, 0.5) is 5.13 Å². The van der Waals surface area contributed by atoms with E-state index in [1.807, 2.05) is 36.4 Å². The zero-order chi connectivity index (χ0) is 13.7. The van der Waals surface area contributed by atoms with Crippen molar-refractivity contribution in [2.24, 2.45) is 0 Å². The summed E-state index contributed by atoms with van der Waals surface area (Å²) in [5.41, 5.74) is 1.12. The summed E-state index contributed by atoms with van der Waals surface area (Å²) in [6.07, 6.45) is 0.677. The molecule has 2 N–H and O–H groups in total. The summed E-state index contributed by atoms with van der Waals surface area (Å²) in [5, 5.41) is 22.1. The molecule has 0 fully saturated rings. The highest BCUT2D eigenvalue weighted by atomic mass is 35.5. The Balaban J connectivity index is 2.05. The van der Waals surface area contributed by atoms with Gasteiger partial charge < -0.3 is 10.4 Å². The highest BCUT2D eigenvalue weighted by molar-refractivity contribution is 7.16. The second kappa shape index (κ2) is 6.53. The fraction of sp³-hybridized carbons (Fsp3) is 0.231. The lowest BCUT2D eigenvalue weighted by Gasteiger charge is -2.15. The van der Waals surface area contributed by atoms with Crippen molar-refractivity contribution in [3.05, 3.63) is 45.9 Å². The molecule has 0 aliphatic heterocycles. The second-order valence-corrected chi connectivity index (χ2v) is 5.32. The van der Waals surface area contributed by atoms with Crippen LogP contribution >= 0.6 is 22.9 Å². The van der Waals surface area contributed by atoms with E-state index < -0.39 is 0 Å². The van der Waals surface area contributed by atoms with Crippen LogP contribution in [0.5, 0.6) is 0 Å². The molecule has 98 valence electrons. The molecule has 1 heterocycles. The Hall–Kier alpha value is -1.61. The largest absolute Gasteiger partial charge is 0.394 e. The van der Waals surface area contributed by atoms with Crippen molar-refractivity contribution < 1.29 is 5.11 Å². The first-order chi connectivity index (χ1) is 9.22. The minimum absolute atomic E-state index is 0.0199. The number of thiazole rings is 1. The predicted molar refractivity (Wildman–Crippen MR) is 76.5 cm³/mol. The number of nitrogens with one attached hydrogen (secondary N) is 1. The third kappa shape index (κ3) is 3.67. The van der Waals surface area contributed by atoms with Gasteiger partial charge in [-0.2, -0.15) is 5.26 Å². The molecule has 2 aromatic rings. The van der Waals surface area contributed by atoms with Gasteiger partial charge in [-0.15, -0.1) is 0 Å². The number of aromatic nitrogens is 1. The maximum absolute atomic E-state index is 9.40. The maximum Gasteiger partial charge on any atom is 0.185 e. The summed E-state index contributed by atoms with van der Waals surface area (Å²) in [5.74, 6) is 0. The molecule has 2 rings (SSSR count). The number of aliphatic hydroxyl groups excluding tert-OH is 1. The van der Waals surface area contributed by atoms with Gasteiger partial charge in [0.25, 0.3) is 0 Å². The predicted octanol–water partition coefficient (Wildman–Crippen LogP) is 2.68. The molecule has 1 atom stereocenters. The number of nitrogens with zero attached hydrogens (tertiary/aromatic N) is 2. The average Bonchev–Trinajstić information content (AvgIpc) is 2.79. The standard InChI is InChI=1S/C13H12ClN3OS/c14-12-11(7-15)19-13(17-12)16-10(8-18)6-9-4-2-1-3-5-9/h1-5,10,18H,6,8H2,(H,16,17). The lowest BCUT2D eigenvalue weighted by atomic mass is 10.1. The Labute approximate surface area is 120 Å². The van der Waals surface area contributed by atoms with Crippen molar-refractivity contribution in [3.8, 4) is 6.07 Å². The molecule has 1 unspecified atom stereocenters. The minimum Gasteiger partial charge on any atom is -0.394 e. The van der Waals surface area contributed by atoms with Crippen molar-refractivity contribution in [1.29, 1.82) is 5.26 Å². The Kier molecular flexibility index (Phi) is 4.74. The molecule has 0 saturated heterocycles. The molecule has 0 aliphatic rings. The molecule has 0 saturated carbocycles. The number of rotatable bonds is 5. The fourth-order valence-corrected chi connectivity index (χ4v) is 2.69. The van der Waals surface area contributed by atoms with E-state index in [0.717, 1.165) is 5.56 Å². The Morgan fingerprint density at radius 2 is 2.16 bits per heavy atom. The van der Waals surface area contributed by atoms with Crippen LogP contribution < -0.4 is 5.32 Å². The van der Waals surface area contributed by atoms with Crippen molar-refractivity contribution >= 4 is 28.1 Å². The summed E-state index contributed by atoms with van der Waals surface area (Å²) >= 11 is 6.99. The van der Waals surface area contributed by atoms with E-state index in [2.05, 4.69) is 10.3 Å². The lowest BCUT2D eigenvalue weighted by Crippen LogP contribution is -2.26. The van der Waals surface area contributed by atoms with Crippen LogP contribution in [0, 0.1) is 11.3 Å². The number of hydrogen-bond acceptors (Lipinski definition) is 5. The van der Waals surface area contributed by atoms with Gasteiger partial charge in [-0.05, 0) is 12.0 Å². The zero-order valence-electron chi connectivity index (χ0n) is 10.0. The van der Waals surface area contributed by atoms with Crippen LogP contribution in [-0.4, -0.2) is 22.7 Å². The van der Waals surface area contributed by atoms with E-state index >= 15 is 0 Å². The van der Waals surface area contributed by atoms with Crippen molar-refractivity contribution in [2.75, 3.05) is 11.9 Å². The summed E-state index contributed by atoms with van der Waals surface area (Å²) < 4.78 is 0. The van der Waals surface area contributed by atoms with Crippen molar-refractivity contribution in [3.63, 3.8) is 0 Å². The Morgan fingerprint density at radius 3 is 2.74 bits per heavy atom. The first-order valence-electron chi connectivity index (χ1n) is 5.70. The Bertz CT molecular complexity index is 579. The normalized spacial score (nSPS) is 11.8. The van der Waals surface area contributed by atoms with Gasteiger partial charge in [-0.3, -0.25) is 0 Å². The molecule has 19 heavy (non-hydrogen) atoms. The van der Waals surface area contributed by atoms with Gasteiger partial charge in [0.1, 0.15) is 10.9 Å². The van der Waals surface area contributed by atoms with Gasteiger partial charge in [-0.1, -0.05) is 53.3 Å². The highest BCUT2D eigenvalue weighted by Crippen LogP contribution is 2.26. The van der Waals surface area contributed by atoms with Crippen LogP contribution in [0.1, 0.15) is 10.4 Å². The molecule has 1 aromatic heterocycles. The number of benzene rings is 1. The van der Waals surface area contributed by atoms with Gasteiger partial charge in [-0.25, -0.2) is 4.98 Å². The molecule has 0 bridgehead atoms. The monoisotopic (exact) mass is 293 g/mol. The quantitative estimate of drug-likeness (QED) is 0.889. The molecule has 1 aromatic carbocycles. The summed E-state index contributed by atoms with van der Waals surface area (Å²) in [4.78, 5) is 4.43. The smallest absolute Gasteiger partial charge is 0.185 e. The van der Waals surface area contributed by atoms with Crippen molar-refractivity contribution in [1.82, 2.24) is 4.98 Å². The first-order valence-corrected chi connectivity index (χ1v) is 6.90. The summed E-state index contributed by atoms with van der Waals surface area (Å²) in [7, 11) is 0. The highest BCUT2D eigenvalue weighted by Gasteiger charge is 2.13. The SMILES string of the molecule is N#Cc1sc(NC(CO)Cc2ccccc2)nc1Cl. The molecule has 0 aliphatic carbocycles. The van der Waals surface area contributed by atoms with Gasteiger partial charge >= 0.3 is 0 Å². The van der Waals surface area contributed by atoms with E-state index in [-0.39, 0.29) is 17.8 Å². The number of nitriles is 1. The Morgan fingerprint density at radius 1 is 1.42 bits per heavy atom. The molecule has 4 nitrogen and oxygen atoms in total.